The first kappa shape index (κ1) is 17.8. The Morgan fingerprint density at radius 2 is 1.83 bits per heavy atom. The highest BCUT2D eigenvalue weighted by Crippen LogP contribution is 2.20. The Morgan fingerprint density at radius 3 is 2.46 bits per heavy atom. The van der Waals surface area contributed by atoms with E-state index < -0.39 is 0 Å². The molecule has 0 aliphatic carbocycles. The number of pyridine rings is 1. The highest BCUT2D eigenvalue weighted by atomic mass is 32.1. The van der Waals surface area contributed by atoms with Gasteiger partial charge in [0.1, 0.15) is 5.65 Å². The second kappa shape index (κ2) is 7.83. The van der Waals surface area contributed by atoms with Crippen molar-refractivity contribution in [3.63, 3.8) is 0 Å². The van der Waals surface area contributed by atoms with Crippen molar-refractivity contribution in [3.8, 4) is 11.3 Å². The van der Waals surface area contributed by atoms with Crippen molar-refractivity contribution in [2.24, 2.45) is 0 Å². The zero-order chi connectivity index (χ0) is 17.7. The first-order valence-electron chi connectivity index (χ1n) is 7.35. The van der Waals surface area contributed by atoms with Gasteiger partial charge < -0.3 is 15.5 Å². The highest BCUT2D eigenvalue weighted by Gasteiger charge is 2.10. The Kier molecular flexibility index (Phi) is 5.81. The van der Waals surface area contributed by atoms with Crippen molar-refractivity contribution in [1.82, 2.24) is 14.7 Å². The van der Waals surface area contributed by atoms with Crippen molar-refractivity contribution < 1.29 is 8.68 Å². The van der Waals surface area contributed by atoms with E-state index in [0.29, 0.717) is 5.56 Å². The molecule has 3 rings (SSSR count). The first-order valence-corrected chi connectivity index (χ1v) is 7.69. The van der Waals surface area contributed by atoms with E-state index in [9.17, 15) is 8.68 Å². The standard InChI is InChI=1S/C17H18N4O.FHS/c1-11(2)19-17(22)13-5-8-16-20-15(10-21(16)9-13)12-3-6-14(18)7-4-12;1-2/h3-11H,18H2,1-2H3,(H,19,22);2H. The fraction of sp³-hybridized carbons (Fsp3) is 0.176. The Hall–Kier alpha value is -2.54. The summed E-state index contributed by atoms with van der Waals surface area (Å²) in [5.74, 6) is -0.0837. The Morgan fingerprint density at radius 1 is 1.17 bits per heavy atom. The molecule has 5 nitrogen and oxygen atoms in total. The number of aromatic nitrogens is 2. The largest absolute Gasteiger partial charge is 0.399 e. The molecule has 0 bridgehead atoms. The molecule has 1 aromatic carbocycles. The van der Waals surface area contributed by atoms with Crippen molar-refractivity contribution in [2.75, 3.05) is 5.73 Å². The van der Waals surface area contributed by atoms with Crippen LogP contribution < -0.4 is 11.1 Å². The summed E-state index contributed by atoms with van der Waals surface area (Å²) in [5, 5.41) is 2.88. The summed E-state index contributed by atoms with van der Waals surface area (Å²) < 4.78 is 11.1. The van der Waals surface area contributed by atoms with Crippen molar-refractivity contribution in [1.29, 1.82) is 0 Å². The molecule has 0 aliphatic rings. The molecule has 24 heavy (non-hydrogen) atoms. The molecule has 3 N–H and O–H groups in total. The van der Waals surface area contributed by atoms with E-state index in [2.05, 4.69) is 10.3 Å². The first-order chi connectivity index (χ1) is 11.5. The Bertz CT molecular complexity index is 830. The number of hydrogen-bond acceptors (Lipinski definition) is 4. The van der Waals surface area contributed by atoms with Crippen LogP contribution in [-0.4, -0.2) is 21.3 Å². The monoisotopic (exact) mass is 346 g/mol. The molecular weight excluding hydrogens is 327 g/mol. The summed E-state index contributed by atoms with van der Waals surface area (Å²) >= 11 is 2.03. The van der Waals surface area contributed by atoms with Gasteiger partial charge >= 0.3 is 0 Å². The lowest BCUT2D eigenvalue weighted by atomic mass is 10.1. The molecule has 0 unspecified atom stereocenters. The number of nitrogens with two attached hydrogens (primary N) is 1. The van der Waals surface area contributed by atoms with Gasteiger partial charge in [0.25, 0.3) is 5.91 Å². The summed E-state index contributed by atoms with van der Waals surface area (Å²) in [4.78, 5) is 16.6. The number of amides is 1. The summed E-state index contributed by atoms with van der Waals surface area (Å²) in [6.45, 7) is 3.87. The minimum Gasteiger partial charge on any atom is -0.399 e. The van der Waals surface area contributed by atoms with E-state index in [1.165, 1.54) is 0 Å². The number of nitrogen functional groups attached to an aromatic ring is 1. The van der Waals surface area contributed by atoms with Gasteiger partial charge in [0, 0.05) is 42.7 Å². The van der Waals surface area contributed by atoms with Gasteiger partial charge in [0.2, 0.25) is 0 Å². The molecule has 126 valence electrons. The normalized spacial score (nSPS) is 10.4. The number of fused-ring (bicyclic) bond motifs is 1. The molecule has 7 heteroatoms. The quantitative estimate of drug-likeness (QED) is 0.502. The summed E-state index contributed by atoms with van der Waals surface area (Å²) in [6.07, 6.45) is 3.70. The topological polar surface area (TPSA) is 72.4 Å². The Balaban J connectivity index is 0.00000100. The van der Waals surface area contributed by atoms with E-state index in [4.69, 9.17) is 5.73 Å². The molecule has 0 atom stereocenters. The maximum Gasteiger partial charge on any atom is 0.252 e. The van der Waals surface area contributed by atoms with Crippen LogP contribution >= 0.6 is 13.0 Å². The number of carbonyl (C=O) groups excluding carboxylic acids is 1. The van der Waals surface area contributed by atoms with Gasteiger partial charge in [-0.2, -0.15) is 3.89 Å². The minimum absolute atomic E-state index is 0.0837. The average molecular weight is 346 g/mol. The van der Waals surface area contributed by atoms with Crippen molar-refractivity contribution in [2.45, 2.75) is 19.9 Å². The minimum atomic E-state index is -0.0837. The molecule has 0 fully saturated rings. The molecule has 1 amide bonds. The molecule has 0 spiro atoms. The molecule has 2 aromatic heterocycles. The lowest BCUT2D eigenvalue weighted by molar-refractivity contribution is 0.0942. The van der Waals surface area contributed by atoms with Gasteiger partial charge in [-0.05, 0) is 38.1 Å². The molecule has 0 aliphatic heterocycles. The fourth-order valence-corrected chi connectivity index (χ4v) is 2.26. The van der Waals surface area contributed by atoms with Gasteiger partial charge in [-0.1, -0.05) is 12.1 Å². The number of nitrogens with one attached hydrogen (secondary N) is 1. The predicted octanol–water partition coefficient (Wildman–Crippen LogP) is 3.52. The van der Waals surface area contributed by atoms with Crippen LogP contribution in [0.2, 0.25) is 0 Å². The van der Waals surface area contributed by atoms with Gasteiger partial charge in [0.05, 0.1) is 11.3 Å². The second-order valence-corrected chi connectivity index (χ2v) is 5.56. The fourth-order valence-electron chi connectivity index (χ4n) is 2.26. The number of carbonyl (C=O) groups is 1. The Labute approximate surface area is 145 Å². The van der Waals surface area contributed by atoms with Crippen molar-refractivity contribution in [3.05, 3.63) is 54.4 Å². The lowest BCUT2D eigenvalue weighted by Gasteiger charge is -2.08. The average Bonchev–Trinajstić information content (AvgIpc) is 2.99. The van der Waals surface area contributed by atoms with Crippen LogP contribution in [0.3, 0.4) is 0 Å². The number of halogens is 1. The third-order valence-electron chi connectivity index (χ3n) is 3.34. The van der Waals surface area contributed by atoms with Crippen LogP contribution in [0, 0.1) is 0 Å². The summed E-state index contributed by atoms with van der Waals surface area (Å²) in [7, 11) is 0. The zero-order valence-corrected chi connectivity index (χ0v) is 14.3. The van der Waals surface area contributed by atoms with Crippen LogP contribution in [0.5, 0.6) is 0 Å². The second-order valence-electron chi connectivity index (χ2n) is 5.56. The number of rotatable bonds is 3. The maximum absolute atomic E-state index is 12.1. The van der Waals surface area contributed by atoms with E-state index in [-0.39, 0.29) is 11.9 Å². The van der Waals surface area contributed by atoms with Gasteiger partial charge in [-0.15, -0.1) is 0 Å². The lowest BCUT2D eigenvalue weighted by Crippen LogP contribution is -2.30. The third kappa shape index (κ3) is 4.05. The van der Waals surface area contributed by atoms with E-state index in [1.807, 2.05) is 67.8 Å². The van der Waals surface area contributed by atoms with Gasteiger partial charge in [-0.25, -0.2) is 4.98 Å². The molecular formula is C17H19FN4OS. The summed E-state index contributed by atoms with van der Waals surface area (Å²) in [6, 6.07) is 11.3. The summed E-state index contributed by atoms with van der Waals surface area (Å²) in [5.41, 5.74) is 9.68. The van der Waals surface area contributed by atoms with Crippen LogP contribution in [0.4, 0.5) is 9.57 Å². The van der Waals surface area contributed by atoms with Gasteiger partial charge in [0.15, 0.2) is 0 Å². The number of anilines is 1. The van der Waals surface area contributed by atoms with Crippen LogP contribution in [-0.2, 0) is 0 Å². The SMILES string of the molecule is CC(C)NC(=O)c1ccc2nc(-c3ccc(N)cc3)cn2c1.FS. The van der Waals surface area contributed by atoms with E-state index in [1.54, 1.807) is 12.3 Å². The maximum atomic E-state index is 12.1. The molecule has 0 saturated carbocycles. The highest BCUT2D eigenvalue weighted by molar-refractivity contribution is 7.74. The zero-order valence-electron chi connectivity index (χ0n) is 13.4. The number of benzene rings is 1. The van der Waals surface area contributed by atoms with Crippen LogP contribution in [0.1, 0.15) is 24.2 Å². The molecule has 0 radical (unpaired) electrons. The predicted molar refractivity (Wildman–Crippen MR) is 97.7 cm³/mol. The number of imidazole rings is 1. The van der Waals surface area contributed by atoms with E-state index >= 15 is 0 Å². The van der Waals surface area contributed by atoms with Crippen LogP contribution in [0.25, 0.3) is 16.9 Å². The third-order valence-corrected chi connectivity index (χ3v) is 3.34. The molecule has 0 saturated heterocycles. The van der Waals surface area contributed by atoms with Gasteiger partial charge in [-0.3, -0.25) is 4.79 Å². The number of nitrogens with zero attached hydrogens (tertiary/aromatic N) is 2. The van der Waals surface area contributed by atoms with E-state index in [0.717, 1.165) is 22.6 Å². The number of hydrogen-bond donors (Lipinski definition) is 3. The number of thiol groups is 1. The molecule has 2 heterocycles. The van der Waals surface area contributed by atoms with Crippen molar-refractivity contribution >= 4 is 30.3 Å². The smallest absolute Gasteiger partial charge is 0.252 e. The van der Waals surface area contributed by atoms with Crippen LogP contribution in [0.15, 0.2) is 48.8 Å². The molecule has 3 aromatic rings.